The average Bonchev–Trinajstić information content (AvgIpc) is 2.91. The molecule has 33 heavy (non-hydrogen) atoms. The number of fused-ring (bicyclic) bond motifs is 1. The highest BCUT2D eigenvalue weighted by Gasteiger charge is 2.43. The third kappa shape index (κ3) is 5.31. The first-order valence-corrected chi connectivity index (χ1v) is 10.9. The number of aryl methyl sites for hydroxylation is 1. The van der Waals surface area contributed by atoms with Gasteiger partial charge in [0, 0.05) is 23.6 Å². The lowest BCUT2D eigenvalue weighted by atomic mass is 10.0. The number of rotatable bonds is 9. The summed E-state index contributed by atoms with van der Waals surface area (Å²) in [6.07, 6.45) is -1.77. The summed E-state index contributed by atoms with van der Waals surface area (Å²) in [6, 6.07) is 2.79. The maximum Gasteiger partial charge on any atom is 0.417 e. The number of imide groups is 1. The van der Waals surface area contributed by atoms with Crippen molar-refractivity contribution in [1.82, 2.24) is 10.2 Å². The highest BCUT2D eigenvalue weighted by molar-refractivity contribution is 6.06. The van der Waals surface area contributed by atoms with Gasteiger partial charge in [0.2, 0.25) is 0 Å². The van der Waals surface area contributed by atoms with Gasteiger partial charge in [-0.25, -0.2) is 9.59 Å². The molecule has 0 unspecified atom stereocenters. The Balaban J connectivity index is 1.65. The Morgan fingerprint density at radius 3 is 2.45 bits per heavy atom. The monoisotopic (exact) mass is 468 g/mol. The number of carbonyl (C=O) groups is 2. The standard InChI is InChI=1S/C23H27F3N2O5/c1-4-8-15-17(10-9-14-16(23(24,25)26)13-18(29)33-19(14)15)32-12-7-5-6-11-28-20(30)22(2,3)27-21(28)31/h9-10,13H,4-8,11-12H2,1-3H3,(H,27,31). The largest absolute Gasteiger partial charge is 0.493 e. The van der Waals surface area contributed by atoms with Crippen LogP contribution in [-0.4, -0.2) is 35.5 Å². The number of halogens is 3. The number of benzene rings is 1. The second-order valence-corrected chi connectivity index (χ2v) is 8.57. The Hall–Kier alpha value is -3.04. The summed E-state index contributed by atoms with van der Waals surface area (Å²) in [6.45, 7) is 5.76. The van der Waals surface area contributed by atoms with Crippen molar-refractivity contribution < 1.29 is 31.9 Å². The number of alkyl halides is 3. The zero-order valence-corrected chi connectivity index (χ0v) is 18.8. The molecule has 0 atom stereocenters. The lowest BCUT2D eigenvalue weighted by molar-refractivity contribution is -0.136. The molecule has 3 amide bonds. The Bertz CT molecular complexity index is 1110. The van der Waals surface area contributed by atoms with E-state index in [0.29, 0.717) is 56.0 Å². The van der Waals surface area contributed by atoms with E-state index in [9.17, 15) is 27.6 Å². The van der Waals surface area contributed by atoms with E-state index in [1.165, 1.54) is 17.0 Å². The van der Waals surface area contributed by atoms with Crippen LogP contribution in [0.2, 0.25) is 0 Å². The van der Waals surface area contributed by atoms with E-state index >= 15 is 0 Å². The van der Waals surface area contributed by atoms with Crippen LogP contribution >= 0.6 is 0 Å². The molecule has 7 nitrogen and oxygen atoms in total. The van der Waals surface area contributed by atoms with E-state index in [0.717, 1.165) is 0 Å². The highest BCUT2D eigenvalue weighted by atomic mass is 19.4. The van der Waals surface area contributed by atoms with Crippen molar-refractivity contribution in [2.75, 3.05) is 13.2 Å². The minimum absolute atomic E-state index is 0.102. The Labute approximate surface area is 188 Å². The maximum atomic E-state index is 13.4. The molecule has 2 aromatic rings. The summed E-state index contributed by atoms with van der Waals surface area (Å²) in [5.41, 5.74) is -2.66. The number of nitrogens with zero attached hydrogens (tertiary/aromatic N) is 1. The van der Waals surface area contributed by atoms with Gasteiger partial charge in [-0.15, -0.1) is 0 Å². The Morgan fingerprint density at radius 2 is 1.85 bits per heavy atom. The minimum Gasteiger partial charge on any atom is -0.493 e. The number of amides is 3. The molecule has 2 heterocycles. The molecule has 0 radical (unpaired) electrons. The highest BCUT2D eigenvalue weighted by Crippen LogP contribution is 2.37. The van der Waals surface area contributed by atoms with Crippen molar-refractivity contribution in [3.05, 3.63) is 39.7 Å². The van der Waals surface area contributed by atoms with Gasteiger partial charge >= 0.3 is 17.8 Å². The van der Waals surface area contributed by atoms with Crippen molar-refractivity contribution in [2.45, 2.75) is 64.6 Å². The van der Waals surface area contributed by atoms with Crippen LogP contribution in [0.3, 0.4) is 0 Å². The normalized spacial score (nSPS) is 15.9. The molecular weight excluding hydrogens is 441 g/mol. The van der Waals surface area contributed by atoms with Crippen LogP contribution in [0.1, 0.15) is 57.6 Å². The van der Waals surface area contributed by atoms with E-state index in [-0.39, 0.29) is 23.5 Å². The number of unbranched alkanes of at least 4 members (excludes halogenated alkanes) is 2. The average molecular weight is 468 g/mol. The lowest BCUT2D eigenvalue weighted by Crippen LogP contribution is -2.40. The first-order valence-electron chi connectivity index (χ1n) is 10.9. The smallest absolute Gasteiger partial charge is 0.417 e. The van der Waals surface area contributed by atoms with Crippen molar-refractivity contribution in [1.29, 1.82) is 0 Å². The molecule has 0 aliphatic carbocycles. The SMILES string of the molecule is CCCc1c(OCCCCCN2C(=O)NC(C)(C)C2=O)ccc2c(C(F)(F)F)cc(=O)oc12. The summed E-state index contributed by atoms with van der Waals surface area (Å²) >= 11 is 0. The van der Waals surface area contributed by atoms with E-state index in [1.54, 1.807) is 13.8 Å². The number of carbonyl (C=O) groups excluding carboxylic acids is 2. The van der Waals surface area contributed by atoms with Crippen molar-refractivity contribution in [2.24, 2.45) is 0 Å². The molecule has 0 saturated carbocycles. The number of nitrogens with one attached hydrogen (secondary N) is 1. The second-order valence-electron chi connectivity index (χ2n) is 8.57. The topological polar surface area (TPSA) is 88.9 Å². The molecule has 1 aliphatic rings. The van der Waals surface area contributed by atoms with Gasteiger partial charge in [0.25, 0.3) is 5.91 Å². The van der Waals surface area contributed by atoms with Crippen molar-refractivity contribution >= 4 is 22.9 Å². The van der Waals surface area contributed by atoms with E-state index in [4.69, 9.17) is 9.15 Å². The number of hydrogen-bond acceptors (Lipinski definition) is 5. The number of urea groups is 1. The van der Waals surface area contributed by atoms with Gasteiger partial charge in [-0.2, -0.15) is 13.2 Å². The van der Waals surface area contributed by atoms with Gasteiger partial charge in [-0.3, -0.25) is 9.69 Å². The molecule has 3 rings (SSSR count). The minimum atomic E-state index is -4.68. The third-order valence-electron chi connectivity index (χ3n) is 5.51. The molecule has 1 aliphatic heterocycles. The van der Waals surface area contributed by atoms with Gasteiger partial charge in [0.05, 0.1) is 12.2 Å². The van der Waals surface area contributed by atoms with Gasteiger partial charge in [-0.05, 0) is 51.7 Å². The van der Waals surface area contributed by atoms with E-state index < -0.39 is 28.9 Å². The Morgan fingerprint density at radius 1 is 1.12 bits per heavy atom. The van der Waals surface area contributed by atoms with Crippen molar-refractivity contribution in [3.8, 4) is 5.75 Å². The van der Waals surface area contributed by atoms with Gasteiger partial charge < -0.3 is 14.5 Å². The van der Waals surface area contributed by atoms with Crippen LogP contribution < -0.4 is 15.7 Å². The second kappa shape index (κ2) is 9.44. The molecule has 1 aromatic heterocycles. The zero-order valence-electron chi connectivity index (χ0n) is 18.8. The van der Waals surface area contributed by atoms with Crippen LogP contribution in [0.4, 0.5) is 18.0 Å². The molecular formula is C23H27F3N2O5. The Kier molecular flexibility index (Phi) is 7.04. The fraction of sp³-hybridized carbons (Fsp3) is 0.522. The third-order valence-corrected chi connectivity index (χ3v) is 5.51. The van der Waals surface area contributed by atoms with Crippen LogP contribution in [0.25, 0.3) is 11.0 Å². The van der Waals surface area contributed by atoms with Crippen LogP contribution in [0.5, 0.6) is 5.75 Å². The predicted molar refractivity (Wildman–Crippen MR) is 115 cm³/mol. The summed E-state index contributed by atoms with van der Waals surface area (Å²) < 4.78 is 51.1. The fourth-order valence-electron chi connectivity index (χ4n) is 3.87. The van der Waals surface area contributed by atoms with Crippen LogP contribution in [-0.2, 0) is 17.4 Å². The number of hydrogen-bond donors (Lipinski definition) is 1. The molecule has 1 fully saturated rings. The molecule has 1 saturated heterocycles. The molecule has 1 aromatic carbocycles. The molecule has 1 N–H and O–H groups in total. The number of ether oxygens (including phenoxy) is 1. The molecule has 10 heteroatoms. The first kappa shape index (κ1) is 24.6. The summed E-state index contributed by atoms with van der Waals surface area (Å²) in [5, 5.41) is 2.46. The maximum absolute atomic E-state index is 13.4. The first-order chi connectivity index (χ1) is 15.5. The van der Waals surface area contributed by atoms with E-state index in [2.05, 4.69) is 5.32 Å². The van der Waals surface area contributed by atoms with Gasteiger partial charge in [0.15, 0.2) is 0 Å². The van der Waals surface area contributed by atoms with Crippen molar-refractivity contribution in [3.63, 3.8) is 0 Å². The lowest BCUT2D eigenvalue weighted by Gasteiger charge is -2.16. The van der Waals surface area contributed by atoms with Gasteiger partial charge in [-0.1, -0.05) is 13.3 Å². The molecule has 180 valence electrons. The quantitative estimate of drug-likeness (QED) is 0.329. The molecule has 0 bridgehead atoms. The predicted octanol–water partition coefficient (Wildman–Crippen LogP) is 4.64. The van der Waals surface area contributed by atoms with Crippen LogP contribution in [0.15, 0.2) is 27.4 Å². The summed E-state index contributed by atoms with van der Waals surface area (Å²) in [7, 11) is 0. The fourth-order valence-corrected chi connectivity index (χ4v) is 3.87. The summed E-state index contributed by atoms with van der Waals surface area (Å²) in [4.78, 5) is 37.0. The van der Waals surface area contributed by atoms with Gasteiger partial charge in [0.1, 0.15) is 16.9 Å². The van der Waals surface area contributed by atoms with E-state index in [1.807, 2.05) is 6.92 Å². The van der Waals surface area contributed by atoms with Crippen LogP contribution in [0, 0.1) is 0 Å². The zero-order chi connectivity index (χ0) is 24.4. The molecule has 0 spiro atoms. The summed E-state index contributed by atoms with van der Waals surface area (Å²) in [5.74, 6) is 0.117.